The minimum Gasteiger partial charge on any atom is -0.493 e. The first kappa shape index (κ1) is 21.2. The SMILES string of the molecule is Cc1cc(Cl)ccc1OCCCCN1CCOCC1.O=C(O)C(=O)O. The van der Waals surface area contributed by atoms with E-state index in [0.29, 0.717) is 0 Å². The minimum atomic E-state index is -1.82. The molecule has 140 valence electrons. The van der Waals surface area contributed by atoms with Gasteiger partial charge in [-0.15, -0.1) is 0 Å². The summed E-state index contributed by atoms with van der Waals surface area (Å²) in [6.45, 7) is 7.82. The number of carboxylic acids is 2. The highest BCUT2D eigenvalue weighted by molar-refractivity contribution is 6.30. The van der Waals surface area contributed by atoms with Crippen molar-refractivity contribution in [3.05, 3.63) is 28.8 Å². The number of benzene rings is 1. The van der Waals surface area contributed by atoms with Gasteiger partial charge in [0.05, 0.1) is 19.8 Å². The first-order valence-electron chi connectivity index (χ1n) is 8.05. The van der Waals surface area contributed by atoms with Gasteiger partial charge in [0.1, 0.15) is 5.75 Å². The van der Waals surface area contributed by atoms with E-state index in [0.717, 1.165) is 62.2 Å². The van der Waals surface area contributed by atoms with Gasteiger partial charge in [0.2, 0.25) is 0 Å². The van der Waals surface area contributed by atoms with Gasteiger partial charge in [0.25, 0.3) is 0 Å². The van der Waals surface area contributed by atoms with Gasteiger partial charge in [0.15, 0.2) is 0 Å². The number of morpholine rings is 1. The molecule has 0 atom stereocenters. The Kier molecular flexibility index (Phi) is 9.91. The van der Waals surface area contributed by atoms with E-state index < -0.39 is 11.9 Å². The van der Waals surface area contributed by atoms with Crippen molar-refractivity contribution < 1.29 is 29.3 Å². The van der Waals surface area contributed by atoms with Crippen LogP contribution in [0.25, 0.3) is 0 Å². The summed E-state index contributed by atoms with van der Waals surface area (Å²) < 4.78 is 11.1. The summed E-state index contributed by atoms with van der Waals surface area (Å²) in [6.07, 6.45) is 2.26. The van der Waals surface area contributed by atoms with Crippen molar-refractivity contribution in [3.8, 4) is 5.75 Å². The lowest BCUT2D eigenvalue weighted by atomic mass is 10.2. The fourth-order valence-electron chi connectivity index (χ4n) is 2.22. The van der Waals surface area contributed by atoms with Crippen LogP contribution >= 0.6 is 11.6 Å². The van der Waals surface area contributed by atoms with Crippen LogP contribution in [-0.2, 0) is 14.3 Å². The topological polar surface area (TPSA) is 96.3 Å². The van der Waals surface area contributed by atoms with E-state index in [1.807, 2.05) is 25.1 Å². The average molecular weight is 374 g/mol. The van der Waals surface area contributed by atoms with Crippen LogP contribution in [0, 0.1) is 6.92 Å². The number of aliphatic carboxylic acids is 2. The zero-order valence-electron chi connectivity index (χ0n) is 14.2. The molecule has 8 heteroatoms. The van der Waals surface area contributed by atoms with Crippen LogP contribution in [0.5, 0.6) is 5.75 Å². The molecule has 25 heavy (non-hydrogen) atoms. The van der Waals surface area contributed by atoms with Crippen molar-refractivity contribution in [2.45, 2.75) is 19.8 Å². The summed E-state index contributed by atoms with van der Waals surface area (Å²) >= 11 is 5.92. The van der Waals surface area contributed by atoms with E-state index >= 15 is 0 Å². The fraction of sp³-hybridized carbons (Fsp3) is 0.529. The van der Waals surface area contributed by atoms with E-state index in [-0.39, 0.29) is 0 Å². The van der Waals surface area contributed by atoms with Gasteiger partial charge < -0.3 is 19.7 Å². The molecule has 0 unspecified atom stereocenters. The highest BCUT2D eigenvalue weighted by atomic mass is 35.5. The Hall–Kier alpha value is -1.83. The predicted octanol–water partition coefficient (Wildman–Crippen LogP) is 2.30. The Labute approximate surface area is 152 Å². The molecule has 7 nitrogen and oxygen atoms in total. The van der Waals surface area contributed by atoms with Gasteiger partial charge in [-0.1, -0.05) is 11.6 Å². The molecule has 0 aromatic heterocycles. The van der Waals surface area contributed by atoms with Crippen LogP contribution in [-0.4, -0.2) is 66.5 Å². The second-order valence-electron chi connectivity index (χ2n) is 5.53. The largest absolute Gasteiger partial charge is 0.493 e. The van der Waals surface area contributed by atoms with Crippen LogP contribution in [0.3, 0.4) is 0 Å². The lowest BCUT2D eigenvalue weighted by Gasteiger charge is -2.26. The number of carbonyl (C=O) groups is 2. The number of rotatable bonds is 6. The first-order chi connectivity index (χ1) is 11.9. The predicted molar refractivity (Wildman–Crippen MR) is 93.4 cm³/mol. The Morgan fingerprint density at radius 2 is 1.84 bits per heavy atom. The summed E-state index contributed by atoms with van der Waals surface area (Å²) in [5.74, 6) is -2.71. The minimum absolute atomic E-state index is 0.761. The molecule has 1 aliphatic heterocycles. The van der Waals surface area contributed by atoms with Crippen LogP contribution in [0.15, 0.2) is 18.2 Å². The summed E-state index contributed by atoms with van der Waals surface area (Å²) in [7, 11) is 0. The average Bonchev–Trinajstić information content (AvgIpc) is 2.58. The van der Waals surface area contributed by atoms with Gasteiger partial charge in [-0.25, -0.2) is 9.59 Å². The van der Waals surface area contributed by atoms with Crippen molar-refractivity contribution >= 4 is 23.5 Å². The standard InChI is InChI=1S/C15H22ClNO2.C2H2O4/c1-13-12-14(16)4-5-15(13)19-9-3-2-6-17-7-10-18-11-8-17;3-1(4)2(5)6/h4-5,12H,2-3,6-11H2,1H3;(H,3,4)(H,5,6). The van der Waals surface area contributed by atoms with E-state index in [1.54, 1.807) is 0 Å². The zero-order chi connectivity index (χ0) is 18.7. The van der Waals surface area contributed by atoms with Crippen molar-refractivity contribution in [2.75, 3.05) is 39.5 Å². The molecule has 1 aliphatic rings. The molecule has 1 saturated heterocycles. The molecule has 2 N–H and O–H groups in total. The molecule has 1 aromatic rings. The molecule has 0 radical (unpaired) electrons. The Morgan fingerprint density at radius 3 is 2.40 bits per heavy atom. The number of nitrogens with zero attached hydrogens (tertiary/aromatic N) is 1. The molecule has 2 rings (SSSR count). The third-order valence-electron chi connectivity index (χ3n) is 3.55. The van der Waals surface area contributed by atoms with Crippen LogP contribution in [0.2, 0.25) is 5.02 Å². The Balaban J connectivity index is 0.000000450. The number of hydrogen-bond acceptors (Lipinski definition) is 5. The molecule has 1 aromatic carbocycles. The third kappa shape index (κ3) is 9.28. The number of halogens is 1. The highest BCUT2D eigenvalue weighted by Crippen LogP contribution is 2.21. The number of aryl methyl sites for hydroxylation is 1. The lowest BCUT2D eigenvalue weighted by molar-refractivity contribution is -0.159. The van der Waals surface area contributed by atoms with Crippen LogP contribution < -0.4 is 4.74 Å². The quantitative estimate of drug-likeness (QED) is 0.583. The van der Waals surface area contributed by atoms with Crippen molar-refractivity contribution in [1.29, 1.82) is 0 Å². The summed E-state index contributed by atoms with van der Waals surface area (Å²) in [4.78, 5) is 20.7. The van der Waals surface area contributed by atoms with Gasteiger partial charge in [-0.05, 0) is 50.1 Å². The molecule has 0 spiro atoms. The summed E-state index contributed by atoms with van der Waals surface area (Å²) in [6, 6.07) is 5.75. The highest BCUT2D eigenvalue weighted by Gasteiger charge is 2.09. The second-order valence-corrected chi connectivity index (χ2v) is 5.97. The maximum Gasteiger partial charge on any atom is 0.414 e. The summed E-state index contributed by atoms with van der Waals surface area (Å²) in [5.41, 5.74) is 1.10. The van der Waals surface area contributed by atoms with Crippen LogP contribution in [0.1, 0.15) is 18.4 Å². The second kappa shape index (κ2) is 11.7. The van der Waals surface area contributed by atoms with E-state index in [9.17, 15) is 0 Å². The van der Waals surface area contributed by atoms with Gasteiger partial charge in [-0.3, -0.25) is 4.90 Å². The number of ether oxygens (including phenoxy) is 2. The van der Waals surface area contributed by atoms with Gasteiger partial charge in [-0.2, -0.15) is 0 Å². The number of hydrogen-bond donors (Lipinski definition) is 2. The Bertz CT molecular complexity index is 548. The molecular formula is C17H24ClNO6. The van der Waals surface area contributed by atoms with Crippen molar-refractivity contribution in [3.63, 3.8) is 0 Å². The number of carboxylic acid groups (broad SMARTS) is 2. The molecule has 0 aliphatic carbocycles. The molecule has 1 fully saturated rings. The van der Waals surface area contributed by atoms with E-state index in [2.05, 4.69) is 4.90 Å². The lowest BCUT2D eigenvalue weighted by Crippen LogP contribution is -2.36. The monoisotopic (exact) mass is 373 g/mol. The number of unbranched alkanes of at least 4 members (excludes halogenated alkanes) is 1. The Morgan fingerprint density at radius 1 is 1.20 bits per heavy atom. The summed E-state index contributed by atoms with van der Waals surface area (Å²) in [5, 5.41) is 15.5. The molecule has 0 amide bonds. The van der Waals surface area contributed by atoms with Gasteiger partial charge in [0, 0.05) is 18.1 Å². The van der Waals surface area contributed by atoms with Crippen molar-refractivity contribution in [2.24, 2.45) is 0 Å². The van der Waals surface area contributed by atoms with Crippen LogP contribution in [0.4, 0.5) is 0 Å². The first-order valence-corrected chi connectivity index (χ1v) is 8.43. The smallest absolute Gasteiger partial charge is 0.414 e. The fourth-order valence-corrected chi connectivity index (χ4v) is 2.45. The maximum absolute atomic E-state index is 9.10. The molecule has 0 bridgehead atoms. The molecule has 0 saturated carbocycles. The maximum atomic E-state index is 9.10. The van der Waals surface area contributed by atoms with E-state index in [4.69, 9.17) is 40.9 Å². The van der Waals surface area contributed by atoms with E-state index in [1.165, 1.54) is 6.42 Å². The third-order valence-corrected chi connectivity index (χ3v) is 3.78. The molecule has 1 heterocycles. The normalized spacial score (nSPS) is 14.3. The molecular weight excluding hydrogens is 350 g/mol. The van der Waals surface area contributed by atoms with Crippen molar-refractivity contribution in [1.82, 2.24) is 4.90 Å². The van der Waals surface area contributed by atoms with Gasteiger partial charge >= 0.3 is 11.9 Å². The zero-order valence-corrected chi connectivity index (χ0v) is 15.0.